The molecule has 0 radical (unpaired) electrons. The molecule has 0 bridgehead atoms. The molecule has 0 saturated carbocycles. The smallest absolute Gasteiger partial charge is 0.0642 e. The number of hydrogen-bond donors (Lipinski definition) is 1. The Labute approximate surface area is 102 Å². The zero-order valence-corrected chi connectivity index (χ0v) is 10.7. The molecule has 1 heterocycles. The standard InChI is InChI=1S/C13H19ClN2/c1-9(8-15)6-11-7-10-4-3-5-12(14)13(10)16(11)2/h3-5,9,11H,6-8,15H2,1-2H3. The van der Waals surface area contributed by atoms with Crippen molar-refractivity contribution in [1.29, 1.82) is 0 Å². The number of fused-ring (bicyclic) bond motifs is 1. The van der Waals surface area contributed by atoms with Crippen molar-refractivity contribution in [1.82, 2.24) is 0 Å². The van der Waals surface area contributed by atoms with Gasteiger partial charge >= 0.3 is 0 Å². The lowest BCUT2D eigenvalue weighted by molar-refractivity contribution is 0.469. The number of nitrogens with two attached hydrogens (primary N) is 1. The molecule has 0 aliphatic carbocycles. The highest BCUT2D eigenvalue weighted by atomic mass is 35.5. The van der Waals surface area contributed by atoms with Gasteiger partial charge in [0.15, 0.2) is 0 Å². The lowest BCUT2D eigenvalue weighted by atomic mass is 9.99. The molecule has 0 spiro atoms. The van der Waals surface area contributed by atoms with Crippen molar-refractivity contribution in [3.8, 4) is 0 Å². The molecule has 2 nitrogen and oxygen atoms in total. The molecule has 0 saturated heterocycles. The Morgan fingerprint density at radius 1 is 1.56 bits per heavy atom. The van der Waals surface area contributed by atoms with E-state index in [1.807, 2.05) is 12.1 Å². The second kappa shape index (κ2) is 4.64. The molecule has 2 N–H and O–H groups in total. The Morgan fingerprint density at radius 3 is 2.94 bits per heavy atom. The van der Waals surface area contributed by atoms with Crippen LogP contribution >= 0.6 is 11.6 Å². The summed E-state index contributed by atoms with van der Waals surface area (Å²) in [6, 6.07) is 6.72. The average Bonchev–Trinajstić information content (AvgIpc) is 2.57. The fourth-order valence-corrected chi connectivity index (χ4v) is 2.82. The van der Waals surface area contributed by atoms with E-state index < -0.39 is 0 Å². The second-order valence-electron chi connectivity index (χ2n) is 4.79. The first kappa shape index (κ1) is 11.7. The minimum absolute atomic E-state index is 0.549. The molecule has 0 aromatic heterocycles. The van der Waals surface area contributed by atoms with Crippen LogP contribution in [0, 0.1) is 5.92 Å². The van der Waals surface area contributed by atoms with E-state index in [-0.39, 0.29) is 0 Å². The van der Waals surface area contributed by atoms with E-state index in [0.29, 0.717) is 12.0 Å². The number of hydrogen-bond acceptors (Lipinski definition) is 2. The van der Waals surface area contributed by atoms with Crippen LogP contribution in [0.25, 0.3) is 0 Å². The first-order valence-corrected chi connectivity index (χ1v) is 6.21. The minimum Gasteiger partial charge on any atom is -0.370 e. The van der Waals surface area contributed by atoms with Crippen LogP contribution in [0.2, 0.25) is 5.02 Å². The molecule has 1 aliphatic rings. The first-order valence-electron chi connectivity index (χ1n) is 5.83. The maximum Gasteiger partial charge on any atom is 0.0642 e. The van der Waals surface area contributed by atoms with E-state index in [0.717, 1.165) is 24.4 Å². The van der Waals surface area contributed by atoms with Crippen LogP contribution < -0.4 is 10.6 Å². The van der Waals surface area contributed by atoms with Gasteiger partial charge in [-0.2, -0.15) is 0 Å². The number of halogens is 1. The topological polar surface area (TPSA) is 29.3 Å². The highest BCUT2D eigenvalue weighted by molar-refractivity contribution is 6.33. The minimum atomic E-state index is 0.549. The fourth-order valence-electron chi connectivity index (χ4n) is 2.50. The molecule has 1 aliphatic heterocycles. The van der Waals surface area contributed by atoms with Gasteiger partial charge in [0.2, 0.25) is 0 Å². The number of nitrogens with zero attached hydrogens (tertiary/aromatic N) is 1. The summed E-state index contributed by atoms with van der Waals surface area (Å²) in [5, 5.41) is 0.864. The van der Waals surface area contributed by atoms with E-state index in [1.165, 1.54) is 11.3 Å². The van der Waals surface area contributed by atoms with Gasteiger partial charge in [0.1, 0.15) is 0 Å². The molecule has 2 rings (SSSR count). The predicted molar refractivity (Wildman–Crippen MR) is 70.2 cm³/mol. The van der Waals surface area contributed by atoms with Crippen molar-refractivity contribution >= 4 is 17.3 Å². The van der Waals surface area contributed by atoms with Gasteiger partial charge in [0.25, 0.3) is 0 Å². The number of para-hydroxylation sites is 1. The molecule has 1 aromatic rings. The van der Waals surface area contributed by atoms with Crippen LogP contribution in [0.4, 0.5) is 5.69 Å². The number of likely N-dealkylation sites (N-methyl/N-ethyl adjacent to an activating group) is 1. The zero-order valence-electron chi connectivity index (χ0n) is 9.91. The Hall–Kier alpha value is -0.730. The fraction of sp³-hybridized carbons (Fsp3) is 0.538. The van der Waals surface area contributed by atoms with Crippen molar-refractivity contribution in [2.45, 2.75) is 25.8 Å². The van der Waals surface area contributed by atoms with E-state index in [2.05, 4.69) is 24.9 Å². The quantitative estimate of drug-likeness (QED) is 0.878. The second-order valence-corrected chi connectivity index (χ2v) is 5.20. The molecular weight excluding hydrogens is 220 g/mol. The zero-order chi connectivity index (χ0) is 11.7. The molecule has 0 fully saturated rings. The number of anilines is 1. The lowest BCUT2D eigenvalue weighted by Gasteiger charge is -2.25. The largest absolute Gasteiger partial charge is 0.370 e. The van der Waals surface area contributed by atoms with Crippen molar-refractivity contribution in [2.24, 2.45) is 11.7 Å². The third-order valence-corrected chi connectivity index (χ3v) is 3.81. The Morgan fingerprint density at radius 2 is 2.31 bits per heavy atom. The summed E-state index contributed by atoms with van der Waals surface area (Å²) < 4.78 is 0. The first-order chi connectivity index (χ1) is 7.63. The van der Waals surface area contributed by atoms with Gasteiger partial charge in [0.05, 0.1) is 10.7 Å². The van der Waals surface area contributed by atoms with Crippen molar-refractivity contribution in [3.05, 3.63) is 28.8 Å². The highest BCUT2D eigenvalue weighted by Gasteiger charge is 2.28. The van der Waals surface area contributed by atoms with E-state index in [4.69, 9.17) is 17.3 Å². The van der Waals surface area contributed by atoms with E-state index in [9.17, 15) is 0 Å². The summed E-state index contributed by atoms with van der Waals surface area (Å²) in [6.07, 6.45) is 2.23. The van der Waals surface area contributed by atoms with Crippen LogP contribution in [0.3, 0.4) is 0 Å². The summed E-state index contributed by atoms with van der Waals surface area (Å²) in [4.78, 5) is 2.31. The Balaban J connectivity index is 2.18. The van der Waals surface area contributed by atoms with Gasteiger partial charge < -0.3 is 10.6 Å². The molecule has 2 unspecified atom stereocenters. The third kappa shape index (κ3) is 2.04. The van der Waals surface area contributed by atoms with Crippen molar-refractivity contribution < 1.29 is 0 Å². The molecule has 3 heteroatoms. The molecular formula is C13H19ClN2. The van der Waals surface area contributed by atoms with E-state index in [1.54, 1.807) is 0 Å². The van der Waals surface area contributed by atoms with Crippen LogP contribution in [-0.2, 0) is 6.42 Å². The summed E-state index contributed by atoms with van der Waals surface area (Å²) in [5.41, 5.74) is 8.26. The van der Waals surface area contributed by atoms with Gasteiger partial charge in [0, 0.05) is 13.1 Å². The summed E-state index contributed by atoms with van der Waals surface area (Å²) in [6.45, 7) is 2.97. The molecule has 16 heavy (non-hydrogen) atoms. The van der Waals surface area contributed by atoms with E-state index >= 15 is 0 Å². The molecule has 1 aromatic carbocycles. The van der Waals surface area contributed by atoms with Crippen molar-refractivity contribution in [2.75, 3.05) is 18.5 Å². The van der Waals surface area contributed by atoms with Gasteiger partial charge in [-0.15, -0.1) is 0 Å². The average molecular weight is 239 g/mol. The van der Waals surface area contributed by atoms with Crippen molar-refractivity contribution in [3.63, 3.8) is 0 Å². The normalized spacial score (nSPS) is 21.0. The molecule has 0 amide bonds. The van der Waals surface area contributed by atoms with Gasteiger partial charge in [-0.1, -0.05) is 30.7 Å². The van der Waals surface area contributed by atoms with Gasteiger partial charge in [-0.25, -0.2) is 0 Å². The SMILES string of the molecule is CC(CN)CC1Cc2cccc(Cl)c2N1C. The van der Waals surface area contributed by atoms with Gasteiger partial charge in [-0.05, 0) is 36.9 Å². The maximum absolute atomic E-state index is 6.23. The van der Waals surface area contributed by atoms with Crippen LogP contribution in [0.5, 0.6) is 0 Å². The highest BCUT2D eigenvalue weighted by Crippen LogP contribution is 2.38. The maximum atomic E-state index is 6.23. The lowest BCUT2D eigenvalue weighted by Crippen LogP contribution is -2.31. The Kier molecular flexibility index (Phi) is 3.41. The van der Waals surface area contributed by atoms with Crippen LogP contribution in [0.15, 0.2) is 18.2 Å². The van der Waals surface area contributed by atoms with Crippen LogP contribution in [-0.4, -0.2) is 19.6 Å². The number of rotatable bonds is 3. The summed E-state index contributed by atoms with van der Waals surface area (Å²) >= 11 is 6.23. The summed E-state index contributed by atoms with van der Waals surface area (Å²) in [7, 11) is 2.13. The van der Waals surface area contributed by atoms with Gasteiger partial charge in [-0.3, -0.25) is 0 Å². The number of benzene rings is 1. The molecule has 2 atom stereocenters. The summed E-state index contributed by atoms with van der Waals surface area (Å²) in [5.74, 6) is 0.570. The Bertz CT molecular complexity index is 378. The van der Waals surface area contributed by atoms with Crippen LogP contribution in [0.1, 0.15) is 18.9 Å². The monoisotopic (exact) mass is 238 g/mol. The predicted octanol–water partition coefficient (Wildman–Crippen LogP) is 2.69. The molecule has 88 valence electrons. The third-order valence-electron chi connectivity index (χ3n) is 3.50.